The summed E-state index contributed by atoms with van der Waals surface area (Å²) in [4.78, 5) is 37.3. The van der Waals surface area contributed by atoms with Crippen molar-refractivity contribution in [2.24, 2.45) is 5.92 Å². The van der Waals surface area contributed by atoms with Crippen LogP contribution in [-0.4, -0.2) is 24.1 Å². The van der Waals surface area contributed by atoms with E-state index in [9.17, 15) is 14.4 Å². The van der Waals surface area contributed by atoms with Gasteiger partial charge in [0.15, 0.2) is 5.78 Å². The lowest BCUT2D eigenvalue weighted by Gasteiger charge is -2.21. The van der Waals surface area contributed by atoms with Crippen molar-refractivity contribution in [1.82, 2.24) is 10.6 Å². The van der Waals surface area contributed by atoms with E-state index in [-0.39, 0.29) is 48.9 Å². The first-order chi connectivity index (χ1) is 12.9. The highest BCUT2D eigenvalue weighted by atomic mass is 35.5. The van der Waals surface area contributed by atoms with Crippen LogP contribution >= 0.6 is 22.9 Å². The van der Waals surface area contributed by atoms with Crippen molar-refractivity contribution in [3.8, 4) is 0 Å². The predicted octanol–water partition coefficient (Wildman–Crippen LogP) is 3.99. The fourth-order valence-corrected chi connectivity index (χ4v) is 3.75. The summed E-state index contributed by atoms with van der Waals surface area (Å²) in [6.07, 6.45) is 0.0948. The van der Waals surface area contributed by atoms with Gasteiger partial charge in [-0.25, -0.2) is 0 Å². The highest BCUT2D eigenvalue weighted by molar-refractivity contribution is 7.10. The average molecular weight is 407 g/mol. The molecule has 0 fully saturated rings. The fraction of sp³-hybridized carbons (Fsp3) is 0.350. The van der Waals surface area contributed by atoms with Crippen molar-refractivity contribution in [3.63, 3.8) is 0 Å². The van der Waals surface area contributed by atoms with Crippen molar-refractivity contribution in [2.75, 3.05) is 6.54 Å². The van der Waals surface area contributed by atoms with Gasteiger partial charge in [0.1, 0.15) is 0 Å². The smallest absolute Gasteiger partial charge is 0.221 e. The molecule has 5 nitrogen and oxygen atoms in total. The maximum Gasteiger partial charge on any atom is 0.221 e. The van der Waals surface area contributed by atoms with Crippen molar-refractivity contribution in [1.29, 1.82) is 0 Å². The molecule has 2 N–H and O–H groups in total. The molecule has 7 heteroatoms. The molecule has 144 valence electrons. The highest BCUT2D eigenvalue weighted by Crippen LogP contribution is 2.25. The van der Waals surface area contributed by atoms with E-state index in [4.69, 9.17) is 11.6 Å². The van der Waals surface area contributed by atoms with Crippen LogP contribution in [0.5, 0.6) is 0 Å². The molecule has 0 spiro atoms. The number of hydrogen-bond acceptors (Lipinski definition) is 4. The third kappa shape index (κ3) is 6.48. The van der Waals surface area contributed by atoms with Gasteiger partial charge in [0, 0.05) is 23.3 Å². The Morgan fingerprint density at radius 2 is 1.74 bits per heavy atom. The van der Waals surface area contributed by atoms with Crippen molar-refractivity contribution in [2.45, 2.75) is 32.7 Å². The number of ketones is 1. The van der Waals surface area contributed by atoms with Crippen LogP contribution in [0.4, 0.5) is 0 Å². The summed E-state index contributed by atoms with van der Waals surface area (Å²) in [7, 11) is 0. The van der Waals surface area contributed by atoms with E-state index in [1.54, 1.807) is 35.6 Å². The predicted molar refractivity (Wildman–Crippen MR) is 108 cm³/mol. The number of nitrogens with one attached hydrogen (secondary N) is 2. The third-order valence-corrected chi connectivity index (χ3v) is 5.32. The van der Waals surface area contributed by atoms with Gasteiger partial charge in [-0.05, 0) is 29.5 Å². The summed E-state index contributed by atoms with van der Waals surface area (Å²) in [5.41, 5.74) is 0.368. The summed E-state index contributed by atoms with van der Waals surface area (Å²) >= 11 is 7.56. The molecule has 0 saturated heterocycles. The summed E-state index contributed by atoms with van der Waals surface area (Å²) in [5, 5.41) is 7.85. The highest BCUT2D eigenvalue weighted by Gasteiger charge is 2.19. The van der Waals surface area contributed by atoms with Crippen LogP contribution in [0.2, 0.25) is 5.02 Å². The lowest BCUT2D eigenvalue weighted by Crippen LogP contribution is -2.33. The number of hydrogen-bond donors (Lipinski definition) is 2. The topological polar surface area (TPSA) is 75.3 Å². The Hall–Kier alpha value is -2.18. The van der Waals surface area contributed by atoms with Gasteiger partial charge in [0.2, 0.25) is 11.8 Å². The van der Waals surface area contributed by atoms with Crippen molar-refractivity contribution in [3.05, 3.63) is 57.2 Å². The number of benzene rings is 1. The second-order valence-corrected chi connectivity index (χ2v) is 7.87. The van der Waals surface area contributed by atoms with E-state index in [1.807, 2.05) is 31.4 Å². The monoisotopic (exact) mass is 406 g/mol. The molecule has 1 atom stereocenters. The number of rotatable bonds is 9. The first kappa shape index (κ1) is 21.1. The lowest BCUT2D eigenvalue weighted by molar-refractivity contribution is -0.126. The van der Waals surface area contributed by atoms with Crippen LogP contribution in [-0.2, 0) is 9.59 Å². The minimum Gasteiger partial charge on any atom is -0.349 e. The van der Waals surface area contributed by atoms with Gasteiger partial charge >= 0.3 is 0 Å². The van der Waals surface area contributed by atoms with Gasteiger partial charge in [0.05, 0.1) is 17.6 Å². The zero-order valence-electron chi connectivity index (χ0n) is 15.3. The molecule has 1 aromatic carbocycles. The van der Waals surface area contributed by atoms with E-state index in [2.05, 4.69) is 10.6 Å². The number of halogens is 1. The Morgan fingerprint density at radius 3 is 2.37 bits per heavy atom. The summed E-state index contributed by atoms with van der Waals surface area (Å²) in [6.45, 7) is 3.93. The summed E-state index contributed by atoms with van der Waals surface area (Å²) in [5.74, 6) is -0.553. The molecule has 2 aromatic rings. The maximum absolute atomic E-state index is 12.2. The van der Waals surface area contributed by atoms with E-state index in [0.29, 0.717) is 10.6 Å². The molecule has 0 saturated carbocycles. The van der Waals surface area contributed by atoms with Gasteiger partial charge in [-0.1, -0.05) is 43.6 Å². The zero-order chi connectivity index (χ0) is 19.8. The number of amides is 2. The van der Waals surface area contributed by atoms with Crippen LogP contribution in [0, 0.1) is 5.92 Å². The fourth-order valence-electron chi connectivity index (χ4n) is 2.56. The Balaban J connectivity index is 1.77. The Morgan fingerprint density at radius 1 is 1.04 bits per heavy atom. The number of Topliss-reactive ketones (excluding diaryl/α,β-unsaturated/α-hetero) is 1. The molecule has 0 radical (unpaired) electrons. The molecule has 1 aromatic heterocycles. The average Bonchev–Trinajstić information content (AvgIpc) is 3.16. The van der Waals surface area contributed by atoms with Gasteiger partial charge < -0.3 is 10.6 Å². The van der Waals surface area contributed by atoms with Crippen LogP contribution in [0.25, 0.3) is 0 Å². The Labute approximate surface area is 168 Å². The molecule has 27 heavy (non-hydrogen) atoms. The molecular formula is C20H23ClN2O3S. The second-order valence-electron chi connectivity index (χ2n) is 6.48. The lowest BCUT2D eigenvalue weighted by atomic mass is 10.0. The van der Waals surface area contributed by atoms with E-state index >= 15 is 0 Å². The van der Waals surface area contributed by atoms with Gasteiger partial charge in [-0.2, -0.15) is 0 Å². The van der Waals surface area contributed by atoms with Crippen LogP contribution in [0.3, 0.4) is 0 Å². The van der Waals surface area contributed by atoms with Crippen LogP contribution in [0.1, 0.15) is 48.0 Å². The quantitative estimate of drug-likeness (QED) is 0.618. The van der Waals surface area contributed by atoms with E-state index in [0.717, 1.165) is 4.88 Å². The van der Waals surface area contributed by atoms with Crippen molar-refractivity contribution >= 4 is 40.5 Å². The van der Waals surface area contributed by atoms with Gasteiger partial charge in [0.25, 0.3) is 0 Å². The molecule has 2 amide bonds. The molecule has 2 rings (SSSR count). The number of thiophene rings is 1. The first-order valence-electron chi connectivity index (χ1n) is 8.75. The standard InChI is InChI=1S/C20H23ClN2O3S/c1-13(2)20(17-8-5-11-27-17)23-19(26)10-9-18(25)22-12-16(24)14-6-3-4-7-15(14)21/h3-8,11,13,20H,9-10,12H2,1-2H3,(H,22,25)(H,23,26). The Kier molecular flexibility index (Phi) is 8.00. The van der Waals surface area contributed by atoms with Crippen molar-refractivity contribution < 1.29 is 14.4 Å². The molecule has 0 aliphatic rings. The molecule has 0 aliphatic carbocycles. The number of carbonyl (C=O) groups is 3. The molecular weight excluding hydrogens is 384 g/mol. The maximum atomic E-state index is 12.2. The van der Waals surface area contributed by atoms with E-state index < -0.39 is 0 Å². The molecule has 1 unspecified atom stereocenters. The summed E-state index contributed by atoms with van der Waals surface area (Å²) < 4.78 is 0. The van der Waals surface area contributed by atoms with Crippen LogP contribution in [0.15, 0.2) is 41.8 Å². The largest absolute Gasteiger partial charge is 0.349 e. The first-order valence-corrected chi connectivity index (χ1v) is 10.0. The number of carbonyl (C=O) groups excluding carboxylic acids is 3. The SMILES string of the molecule is CC(C)C(NC(=O)CCC(=O)NCC(=O)c1ccccc1Cl)c1cccs1. The zero-order valence-corrected chi connectivity index (χ0v) is 16.9. The van der Waals surface area contributed by atoms with E-state index in [1.165, 1.54) is 0 Å². The minimum absolute atomic E-state index is 0.0247. The molecule has 0 aliphatic heterocycles. The molecule has 1 heterocycles. The van der Waals surface area contributed by atoms with Gasteiger partial charge in [-0.3, -0.25) is 14.4 Å². The third-order valence-electron chi connectivity index (χ3n) is 4.03. The second kappa shape index (κ2) is 10.2. The van der Waals surface area contributed by atoms with Gasteiger partial charge in [-0.15, -0.1) is 11.3 Å². The normalized spacial score (nSPS) is 11.9. The Bertz CT molecular complexity index is 790. The van der Waals surface area contributed by atoms with Crippen LogP contribution < -0.4 is 10.6 Å². The molecule has 0 bridgehead atoms. The summed E-state index contributed by atoms with van der Waals surface area (Å²) in [6, 6.07) is 10.6. The minimum atomic E-state index is -0.345.